The molecule has 1 atom stereocenters. The molecule has 2 amide bonds. The molecule has 0 bridgehead atoms. The predicted molar refractivity (Wildman–Crippen MR) is 120 cm³/mol. The first-order chi connectivity index (χ1) is 14.9. The SMILES string of the molecule is COC(=O)NC(=O)c1c(C)cc(C2=CC(c3cc(Cl)cc(Cl)c3)(C(F)(F)F)ON2)cc1I. The van der Waals surface area contributed by atoms with Crippen LogP contribution >= 0.6 is 45.8 Å². The fraction of sp³-hybridized carbons (Fsp3) is 0.200. The zero-order valence-electron chi connectivity index (χ0n) is 16.4. The van der Waals surface area contributed by atoms with Crippen LogP contribution in [-0.2, 0) is 15.2 Å². The van der Waals surface area contributed by atoms with Crippen molar-refractivity contribution in [1.82, 2.24) is 10.8 Å². The van der Waals surface area contributed by atoms with E-state index in [4.69, 9.17) is 28.0 Å². The van der Waals surface area contributed by atoms with E-state index in [0.717, 1.165) is 25.3 Å². The number of imide groups is 1. The van der Waals surface area contributed by atoms with Crippen LogP contribution in [0, 0.1) is 10.5 Å². The monoisotopic (exact) mass is 600 g/mol. The third kappa shape index (κ3) is 4.68. The molecule has 0 fully saturated rings. The van der Waals surface area contributed by atoms with Gasteiger partial charge in [0.2, 0.25) is 5.60 Å². The van der Waals surface area contributed by atoms with E-state index in [-0.39, 0.29) is 26.9 Å². The number of aryl methyl sites for hydroxylation is 1. The van der Waals surface area contributed by atoms with Crippen molar-refractivity contribution >= 4 is 63.5 Å². The molecule has 0 saturated heterocycles. The zero-order valence-corrected chi connectivity index (χ0v) is 20.0. The lowest BCUT2D eigenvalue weighted by molar-refractivity contribution is -0.269. The smallest absolute Gasteiger partial charge is 0.428 e. The van der Waals surface area contributed by atoms with Gasteiger partial charge in [-0.15, -0.1) is 0 Å². The maximum absolute atomic E-state index is 14.1. The number of amides is 2. The second-order valence-corrected chi connectivity index (χ2v) is 8.78. The maximum Gasteiger partial charge on any atom is 0.428 e. The highest BCUT2D eigenvalue weighted by molar-refractivity contribution is 14.1. The summed E-state index contributed by atoms with van der Waals surface area (Å²) in [5.41, 5.74) is 0.160. The summed E-state index contributed by atoms with van der Waals surface area (Å²) < 4.78 is 47.2. The van der Waals surface area contributed by atoms with E-state index in [9.17, 15) is 22.8 Å². The quantitative estimate of drug-likeness (QED) is 0.440. The van der Waals surface area contributed by atoms with Crippen LogP contribution < -0.4 is 10.8 Å². The summed E-state index contributed by atoms with van der Waals surface area (Å²) in [6, 6.07) is 6.54. The van der Waals surface area contributed by atoms with Gasteiger partial charge in [0, 0.05) is 24.7 Å². The molecule has 0 saturated carbocycles. The number of alkyl carbamates (subject to hydrolysis) is 1. The van der Waals surface area contributed by atoms with Gasteiger partial charge in [-0.1, -0.05) is 23.2 Å². The summed E-state index contributed by atoms with van der Waals surface area (Å²) >= 11 is 13.7. The largest absolute Gasteiger partial charge is 0.453 e. The van der Waals surface area contributed by atoms with Crippen molar-refractivity contribution in [2.75, 3.05) is 7.11 Å². The first-order valence-electron chi connectivity index (χ1n) is 8.78. The van der Waals surface area contributed by atoms with Gasteiger partial charge in [0.05, 0.1) is 18.4 Å². The van der Waals surface area contributed by atoms with E-state index >= 15 is 0 Å². The fourth-order valence-electron chi connectivity index (χ4n) is 3.15. The van der Waals surface area contributed by atoms with Crippen LogP contribution in [0.4, 0.5) is 18.0 Å². The number of hydrogen-bond acceptors (Lipinski definition) is 5. The van der Waals surface area contributed by atoms with Gasteiger partial charge in [-0.2, -0.15) is 13.2 Å². The maximum atomic E-state index is 14.1. The summed E-state index contributed by atoms with van der Waals surface area (Å²) in [6.07, 6.45) is -4.90. The lowest BCUT2D eigenvalue weighted by Crippen LogP contribution is -2.42. The average molecular weight is 601 g/mol. The van der Waals surface area contributed by atoms with Gasteiger partial charge in [0.1, 0.15) is 0 Å². The molecular formula is C20H14Cl2F3IN2O4. The van der Waals surface area contributed by atoms with Gasteiger partial charge >= 0.3 is 12.3 Å². The first-order valence-corrected chi connectivity index (χ1v) is 10.6. The van der Waals surface area contributed by atoms with Crippen molar-refractivity contribution < 1.29 is 32.3 Å². The van der Waals surface area contributed by atoms with Crippen molar-refractivity contribution in [3.8, 4) is 0 Å². The van der Waals surface area contributed by atoms with E-state index in [0.29, 0.717) is 14.7 Å². The Hall–Kier alpha value is -2.02. The Kier molecular flexibility index (Phi) is 6.99. The van der Waals surface area contributed by atoms with Crippen LogP contribution in [0.1, 0.15) is 27.0 Å². The number of hydroxylamine groups is 1. The number of methoxy groups -OCH3 is 1. The van der Waals surface area contributed by atoms with Gasteiger partial charge in [0.25, 0.3) is 5.91 Å². The molecule has 170 valence electrons. The number of carbonyl (C=O) groups is 2. The molecule has 2 aromatic carbocycles. The van der Waals surface area contributed by atoms with Gasteiger partial charge < -0.3 is 4.74 Å². The molecule has 32 heavy (non-hydrogen) atoms. The lowest BCUT2D eigenvalue weighted by Gasteiger charge is -2.28. The minimum Gasteiger partial charge on any atom is -0.453 e. The van der Waals surface area contributed by atoms with Gasteiger partial charge in [-0.3, -0.25) is 20.4 Å². The molecule has 1 unspecified atom stereocenters. The van der Waals surface area contributed by atoms with Crippen molar-refractivity contribution in [3.05, 3.63) is 72.3 Å². The molecule has 6 nitrogen and oxygen atoms in total. The Bertz CT molecular complexity index is 1100. The number of nitrogens with one attached hydrogen (secondary N) is 2. The number of carbonyl (C=O) groups excluding carboxylic acids is 2. The van der Waals surface area contributed by atoms with Crippen molar-refractivity contribution in [3.63, 3.8) is 0 Å². The van der Waals surface area contributed by atoms with E-state index in [1.165, 1.54) is 18.2 Å². The molecule has 3 rings (SSSR count). The first kappa shape index (κ1) is 24.6. The Morgan fingerprint density at radius 1 is 1.16 bits per heavy atom. The molecule has 1 aliphatic rings. The van der Waals surface area contributed by atoms with Crippen LogP contribution in [0.2, 0.25) is 10.0 Å². The predicted octanol–water partition coefficient (Wildman–Crippen LogP) is 5.74. The third-order valence-electron chi connectivity index (χ3n) is 4.61. The Balaban J connectivity index is 2.07. The standard InChI is InChI=1S/C20H14Cl2F3IN2O4/c1-9-3-10(4-14(26)16(9)17(29)27-18(30)31-2)15-8-19(32-28-15,20(23,24)25)11-5-12(21)7-13(22)6-11/h3-8,28H,1-2H3,(H,27,29,30). The lowest BCUT2D eigenvalue weighted by atomic mass is 9.91. The molecule has 0 spiro atoms. The zero-order chi connectivity index (χ0) is 23.8. The van der Waals surface area contributed by atoms with Crippen LogP contribution in [0.25, 0.3) is 5.70 Å². The van der Waals surface area contributed by atoms with Gasteiger partial charge in [-0.05, 0) is 71.5 Å². The normalized spacial score (nSPS) is 18.1. The summed E-state index contributed by atoms with van der Waals surface area (Å²) in [4.78, 5) is 28.7. The van der Waals surface area contributed by atoms with Crippen LogP contribution in [-0.4, -0.2) is 25.3 Å². The van der Waals surface area contributed by atoms with Gasteiger partial charge in [-0.25, -0.2) is 4.79 Å². The highest BCUT2D eigenvalue weighted by Crippen LogP contribution is 2.48. The number of benzene rings is 2. The van der Waals surface area contributed by atoms with E-state index < -0.39 is 23.8 Å². The second kappa shape index (κ2) is 9.08. The number of halogens is 6. The van der Waals surface area contributed by atoms with Crippen molar-refractivity contribution in [1.29, 1.82) is 0 Å². The minimum absolute atomic E-state index is 0.0212. The number of alkyl halides is 3. The van der Waals surface area contributed by atoms with Crippen LogP contribution in [0.15, 0.2) is 36.4 Å². The molecule has 0 aromatic heterocycles. The minimum atomic E-state index is -4.85. The summed E-state index contributed by atoms with van der Waals surface area (Å²) in [5, 5.41) is 2.09. The highest BCUT2D eigenvalue weighted by Gasteiger charge is 2.59. The molecule has 2 aromatic rings. The summed E-state index contributed by atoms with van der Waals surface area (Å²) in [6.45, 7) is 1.59. The van der Waals surface area contributed by atoms with E-state index in [2.05, 4.69) is 10.2 Å². The van der Waals surface area contributed by atoms with Crippen LogP contribution in [0.3, 0.4) is 0 Å². The Morgan fingerprint density at radius 3 is 2.31 bits per heavy atom. The molecule has 12 heteroatoms. The van der Waals surface area contributed by atoms with Crippen molar-refractivity contribution in [2.45, 2.75) is 18.7 Å². The van der Waals surface area contributed by atoms with E-state index in [1.807, 2.05) is 27.9 Å². The molecule has 0 radical (unpaired) electrons. The molecule has 1 aliphatic heterocycles. The van der Waals surface area contributed by atoms with Crippen molar-refractivity contribution in [2.24, 2.45) is 0 Å². The third-order valence-corrected chi connectivity index (χ3v) is 5.90. The number of ether oxygens (including phenoxy) is 1. The molecular weight excluding hydrogens is 587 g/mol. The van der Waals surface area contributed by atoms with Crippen LogP contribution in [0.5, 0.6) is 0 Å². The number of rotatable bonds is 3. The fourth-order valence-corrected chi connectivity index (χ4v) is 4.68. The molecule has 1 heterocycles. The number of hydrogen-bond donors (Lipinski definition) is 2. The second-order valence-electron chi connectivity index (χ2n) is 6.75. The Labute approximate surface area is 204 Å². The summed E-state index contributed by atoms with van der Waals surface area (Å²) in [5.74, 6) is -0.701. The molecule has 2 N–H and O–H groups in total. The van der Waals surface area contributed by atoms with E-state index in [1.54, 1.807) is 6.92 Å². The average Bonchev–Trinajstić information content (AvgIpc) is 3.13. The summed E-state index contributed by atoms with van der Waals surface area (Å²) in [7, 11) is 1.11. The topological polar surface area (TPSA) is 76.7 Å². The Morgan fingerprint density at radius 2 is 1.78 bits per heavy atom. The highest BCUT2D eigenvalue weighted by atomic mass is 127. The molecule has 0 aliphatic carbocycles. The van der Waals surface area contributed by atoms with Gasteiger partial charge in [0.15, 0.2) is 0 Å².